The van der Waals surface area contributed by atoms with Gasteiger partial charge in [-0.05, 0) is 31.0 Å². The topological polar surface area (TPSA) is 57.6 Å². The molecule has 1 saturated heterocycles. The van der Waals surface area contributed by atoms with Crippen LogP contribution in [-0.4, -0.2) is 37.5 Å². The van der Waals surface area contributed by atoms with Crippen molar-refractivity contribution in [1.29, 1.82) is 0 Å². The molecule has 4 nitrogen and oxygen atoms in total. The van der Waals surface area contributed by atoms with Crippen LogP contribution in [0.4, 0.5) is 0 Å². The molecule has 0 unspecified atom stereocenters. The van der Waals surface area contributed by atoms with Crippen molar-refractivity contribution in [3.63, 3.8) is 0 Å². The molecule has 1 aliphatic heterocycles. The lowest BCUT2D eigenvalue weighted by molar-refractivity contribution is 0.350. The van der Waals surface area contributed by atoms with Crippen LogP contribution in [-0.2, 0) is 10.0 Å². The molecule has 5 heteroatoms. The first-order valence-electron chi connectivity index (χ1n) is 5.84. The van der Waals surface area contributed by atoms with Gasteiger partial charge in [-0.2, -0.15) is 4.31 Å². The van der Waals surface area contributed by atoms with Crippen LogP contribution in [0.5, 0.6) is 0 Å². The Labute approximate surface area is 107 Å². The van der Waals surface area contributed by atoms with Gasteiger partial charge in [-0.3, -0.25) is 0 Å². The highest BCUT2D eigenvalue weighted by atomic mass is 32.2. The third kappa shape index (κ3) is 2.72. The molecule has 1 heterocycles. The second-order valence-electron chi connectivity index (χ2n) is 4.10. The number of aliphatic hydroxyl groups is 1. The van der Waals surface area contributed by atoms with Gasteiger partial charge >= 0.3 is 0 Å². The molecule has 1 fully saturated rings. The summed E-state index contributed by atoms with van der Waals surface area (Å²) in [5, 5.41) is 8.63. The maximum atomic E-state index is 12.3. The van der Waals surface area contributed by atoms with Crippen LogP contribution in [0.15, 0.2) is 29.2 Å². The van der Waals surface area contributed by atoms with E-state index in [0.29, 0.717) is 18.7 Å². The van der Waals surface area contributed by atoms with E-state index in [0.717, 1.165) is 12.8 Å². The van der Waals surface area contributed by atoms with Crippen LogP contribution >= 0.6 is 0 Å². The summed E-state index contributed by atoms with van der Waals surface area (Å²) < 4.78 is 26.1. The van der Waals surface area contributed by atoms with Gasteiger partial charge in [0.1, 0.15) is 6.61 Å². The van der Waals surface area contributed by atoms with Crippen LogP contribution in [0.3, 0.4) is 0 Å². The van der Waals surface area contributed by atoms with E-state index >= 15 is 0 Å². The van der Waals surface area contributed by atoms with Gasteiger partial charge in [-0.15, -0.1) is 0 Å². The fourth-order valence-electron chi connectivity index (χ4n) is 1.95. The number of aliphatic hydroxyl groups excluding tert-OH is 1. The summed E-state index contributed by atoms with van der Waals surface area (Å²) in [4.78, 5) is 0.272. The molecule has 2 rings (SSSR count). The Morgan fingerprint density at radius 3 is 2.67 bits per heavy atom. The maximum Gasteiger partial charge on any atom is 0.243 e. The summed E-state index contributed by atoms with van der Waals surface area (Å²) in [5.41, 5.74) is 0.601. The lowest BCUT2D eigenvalue weighted by atomic mass is 10.2. The Morgan fingerprint density at radius 1 is 1.28 bits per heavy atom. The Bertz CT molecular complexity index is 578. The first-order valence-corrected chi connectivity index (χ1v) is 7.28. The quantitative estimate of drug-likeness (QED) is 0.805. The minimum absolute atomic E-state index is 0.233. The number of hydrogen-bond acceptors (Lipinski definition) is 3. The van der Waals surface area contributed by atoms with Gasteiger partial charge in [-0.1, -0.05) is 17.9 Å². The van der Waals surface area contributed by atoms with Crippen molar-refractivity contribution < 1.29 is 13.5 Å². The van der Waals surface area contributed by atoms with Crippen LogP contribution in [0.1, 0.15) is 18.4 Å². The molecule has 0 radical (unpaired) electrons. The van der Waals surface area contributed by atoms with Gasteiger partial charge in [0, 0.05) is 18.7 Å². The van der Waals surface area contributed by atoms with E-state index in [1.165, 1.54) is 4.31 Å². The van der Waals surface area contributed by atoms with Gasteiger partial charge in [0.05, 0.1) is 4.90 Å². The smallest absolute Gasteiger partial charge is 0.243 e. The average Bonchev–Trinajstić information content (AvgIpc) is 2.91. The molecule has 96 valence electrons. The monoisotopic (exact) mass is 265 g/mol. The van der Waals surface area contributed by atoms with E-state index in [4.69, 9.17) is 5.11 Å². The standard InChI is InChI=1S/C13H15NO3S/c15-10-4-6-12-5-3-7-13(11-12)18(16,17)14-8-1-2-9-14/h3,5,7,11,15H,1-2,8-10H2. The van der Waals surface area contributed by atoms with E-state index in [-0.39, 0.29) is 11.5 Å². The SMILES string of the molecule is O=S(=O)(c1cccc(C#CCO)c1)N1CCCC1. The Kier molecular flexibility index (Phi) is 4.02. The first-order chi connectivity index (χ1) is 8.64. The summed E-state index contributed by atoms with van der Waals surface area (Å²) in [6.45, 7) is 0.951. The molecule has 1 N–H and O–H groups in total. The van der Waals surface area contributed by atoms with Crippen molar-refractivity contribution in [3.05, 3.63) is 29.8 Å². The molecule has 0 saturated carbocycles. The molecule has 0 aromatic heterocycles. The van der Waals surface area contributed by atoms with Crippen molar-refractivity contribution >= 4 is 10.0 Å². The van der Waals surface area contributed by atoms with Crippen LogP contribution < -0.4 is 0 Å². The Morgan fingerprint density at radius 2 is 2.00 bits per heavy atom. The van der Waals surface area contributed by atoms with Gasteiger partial charge in [-0.25, -0.2) is 8.42 Å². The zero-order valence-electron chi connectivity index (χ0n) is 9.96. The lowest BCUT2D eigenvalue weighted by Gasteiger charge is -2.15. The minimum atomic E-state index is -3.38. The second-order valence-corrected chi connectivity index (χ2v) is 6.04. The molecule has 0 amide bonds. The zero-order chi connectivity index (χ0) is 13.0. The number of rotatable bonds is 2. The molecule has 0 bridgehead atoms. The van der Waals surface area contributed by atoms with Crippen molar-refractivity contribution in [3.8, 4) is 11.8 Å². The largest absolute Gasteiger partial charge is 0.384 e. The Balaban J connectivity index is 2.32. The molecule has 0 atom stereocenters. The molecule has 1 aromatic carbocycles. The van der Waals surface area contributed by atoms with E-state index < -0.39 is 10.0 Å². The fraction of sp³-hybridized carbons (Fsp3) is 0.385. The maximum absolute atomic E-state index is 12.3. The molecule has 18 heavy (non-hydrogen) atoms. The average molecular weight is 265 g/mol. The van der Waals surface area contributed by atoms with Crippen LogP contribution in [0.25, 0.3) is 0 Å². The third-order valence-corrected chi connectivity index (χ3v) is 4.74. The van der Waals surface area contributed by atoms with Crippen molar-refractivity contribution in [2.75, 3.05) is 19.7 Å². The highest BCUT2D eigenvalue weighted by Crippen LogP contribution is 2.21. The summed E-state index contributed by atoms with van der Waals surface area (Å²) >= 11 is 0. The molecular formula is C13H15NO3S. The number of sulfonamides is 1. The van der Waals surface area contributed by atoms with Crippen molar-refractivity contribution in [1.82, 2.24) is 4.31 Å². The summed E-state index contributed by atoms with van der Waals surface area (Å²) in [5.74, 6) is 5.22. The highest BCUT2D eigenvalue weighted by molar-refractivity contribution is 7.89. The van der Waals surface area contributed by atoms with Crippen LogP contribution in [0.2, 0.25) is 0 Å². The zero-order valence-corrected chi connectivity index (χ0v) is 10.8. The van der Waals surface area contributed by atoms with Crippen molar-refractivity contribution in [2.24, 2.45) is 0 Å². The van der Waals surface area contributed by atoms with Gasteiger partial charge in [0.25, 0.3) is 0 Å². The molecule has 1 aromatic rings. The highest BCUT2D eigenvalue weighted by Gasteiger charge is 2.26. The number of nitrogens with zero attached hydrogens (tertiary/aromatic N) is 1. The van der Waals surface area contributed by atoms with Gasteiger partial charge in [0.2, 0.25) is 10.0 Å². The molecular weight excluding hydrogens is 250 g/mol. The summed E-state index contributed by atoms with van der Waals surface area (Å²) in [7, 11) is -3.38. The minimum Gasteiger partial charge on any atom is -0.384 e. The van der Waals surface area contributed by atoms with E-state index in [9.17, 15) is 8.42 Å². The molecule has 0 aliphatic carbocycles. The summed E-state index contributed by atoms with van der Waals surface area (Å²) in [6, 6.07) is 6.53. The van der Waals surface area contributed by atoms with E-state index in [1.807, 2.05) is 0 Å². The number of hydrogen-bond donors (Lipinski definition) is 1. The normalized spacial score (nSPS) is 16.3. The summed E-state index contributed by atoms with van der Waals surface area (Å²) in [6.07, 6.45) is 1.84. The van der Waals surface area contributed by atoms with E-state index in [1.54, 1.807) is 24.3 Å². The lowest BCUT2D eigenvalue weighted by Crippen LogP contribution is -2.27. The molecule has 1 aliphatic rings. The van der Waals surface area contributed by atoms with E-state index in [2.05, 4.69) is 11.8 Å². The molecule has 0 spiro atoms. The predicted octanol–water partition coefficient (Wildman–Crippen LogP) is 0.815. The number of benzene rings is 1. The van der Waals surface area contributed by atoms with Crippen molar-refractivity contribution in [2.45, 2.75) is 17.7 Å². The van der Waals surface area contributed by atoms with Crippen LogP contribution in [0, 0.1) is 11.8 Å². The predicted molar refractivity (Wildman–Crippen MR) is 68.4 cm³/mol. The first kappa shape index (κ1) is 13.1. The third-order valence-electron chi connectivity index (χ3n) is 2.85. The second kappa shape index (κ2) is 5.53. The Hall–Kier alpha value is -1.35. The van der Waals surface area contributed by atoms with Gasteiger partial charge in [0.15, 0.2) is 0 Å². The van der Waals surface area contributed by atoms with Gasteiger partial charge < -0.3 is 5.11 Å². The fourth-order valence-corrected chi connectivity index (χ4v) is 3.52.